The third-order valence-corrected chi connectivity index (χ3v) is 4.62. The second kappa shape index (κ2) is 6.31. The van der Waals surface area contributed by atoms with Crippen LogP contribution in [-0.4, -0.2) is 39.1 Å². The Morgan fingerprint density at radius 1 is 1.35 bits per heavy atom. The van der Waals surface area contributed by atoms with Crippen molar-refractivity contribution in [3.63, 3.8) is 0 Å². The number of carboxylic acids is 1. The SMILES string of the molecule is CC(C)C[C@@H]1SC[C@@H](C(=O)O)N1C(=O)c1ccccc1. The van der Waals surface area contributed by atoms with Crippen molar-refractivity contribution in [1.82, 2.24) is 4.90 Å². The number of carbonyl (C=O) groups excluding carboxylic acids is 1. The van der Waals surface area contributed by atoms with Gasteiger partial charge >= 0.3 is 5.97 Å². The number of hydrogen-bond acceptors (Lipinski definition) is 3. The Morgan fingerprint density at radius 2 is 2.00 bits per heavy atom. The predicted octanol–water partition coefficient (Wildman–Crippen LogP) is 2.70. The number of carbonyl (C=O) groups is 2. The Kier molecular flexibility index (Phi) is 4.70. The van der Waals surface area contributed by atoms with Gasteiger partial charge in [-0.2, -0.15) is 0 Å². The van der Waals surface area contributed by atoms with Crippen LogP contribution >= 0.6 is 11.8 Å². The molecule has 0 unspecified atom stereocenters. The van der Waals surface area contributed by atoms with Gasteiger partial charge in [0.15, 0.2) is 0 Å². The van der Waals surface area contributed by atoms with Gasteiger partial charge in [0.2, 0.25) is 0 Å². The van der Waals surface area contributed by atoms with Crippen molar-refractivity contribution in [2.75, 3.05) is 5.75 Å². The van der Waals surface area contributed by atoms with Crippen LogP contribution in [0.2, 0.25) is 0 Å². The largest absolute Gasteiger partial charge is 0.480 e. The molecule has 108 valence electrons. The van der Waals surface area contributed by atoms with Gasteiger partial charge < -0.3 is 10.0 Å². The summed E-state index contributed by atoms with van der Waals surface area (Å²) in [5, 5.41) is 9.27. The number of hydrogen-bond donors (Lipinski definition) is 1. The minimum absolute atomic E-state index is 0.0520. The first kappa shape index (κ1) is 14.9. The molecule has 20 heavy (non-hydrogen) atoms. The van der Waals surface area contributed by atoms with Gasteiger partial charge in [0.05, 0.1) is 5.37 Å². The van der Waals surface area contributed by atoms with E-state index in [4.69, 9.17) is 0 Å². The van der Waals surface area contributed by atoms with Gasteiger partial charge in [0.1, 0.15) is 6.04 Å². The van der Waals surface area contributed by atoms with Crippen molar-refractivity contribution < 1.29 is 14.7 Å². The fraction of sp³-hybridized carbons (Fsp3) is 0.467. The van der Waals surface area contributed by atoms with Crippen LogP contribution in [0.5, 0.6) is 0 Å². The highest BCUT2D eigenvalue weighted by atomic mass is 32.2. The average Bonchev–Trinajstić information content (AvgIpc) is 2.82. The first-order chi connectivity index (χ1) is 9.50. The molecule has 0 bridgehead atoms. The molecule has 0 spiro atoms. The van der Waals surface area contributed by atoms with Gasteiger partial charge in [-0.05, 0) is 24.5 Å². The van der Waals surface area contributed by atoms with E-state index in [0.717, 1.165) is 6.42 Å². The van der Waals surface area contributed by atoms with Crippen LogP contribution in [-0.2, 0) is 4.79 Å². The smallest absolute Gasteiger partial charge is 0.327 e. The van der Waals surface area contributed by atoms with Crippen LogP contribution < -0.4 is 0 Å². The lowest BCUT2D eigenvalue weighted by atomic mass is 10.1. The second-order valence-electron chi connectivity index (χ2n) is 5.35. The quantitative estimate of drug-likeness (QED) is 0.927. The number of rotatable bonds is 4. The van der Waals surface area contributed by atoms with E-state index in [1.54, 1.807) is 40.9 Å². The van der Waals surface area contributed by atoms with Gasteiger partial charge in [-0.3, -0.25) is 4.79 Å². The molecular formula is C15H19NO3S. The minimum atomic E-state index is -0.923. The zero-order valence-corrected chi connectivity index (χ0v) is 12.5. The molecule has 1 amide bonds. The summed E-state index contributed by atoms with van der Waals surface area (Å²) < 4.78 is 0. The number of thioether (sulfide) groups is 1. The second-order valence-corrected chi connectivity index (χ2v) is 6.56. The Morgan fingerprint density at radius 3 is 2.55 bits per heavy atom. The monoisotopic (exact) mass is 293 g/mol. The van der Waals surface area contributed by atoms with Gasteiger partial charge in [0.25, 0.3) is 5.91 Å². The number of benzene rings is 1. The molecule has 1 aromatic carbocycles. The summed E-state index contributed by atoms with van der Waals surface area (Å²) in [5.74, 6) is -0.224. The minimum Gasteiger partial charge on any atom is -0.480 e. The first-order valence-corrected chi connectivity index (χ1v) is 7.77. The van der Waals surface area contributed by atoms with E-state index < -0.39 is 12.0 Å². The van der Waals surface area contributed by atoms with Gasteiger partial charge in [-0.1, -0.05) is 32.0 Å². The van der Waals surface area contributed by atoms with Crippen LogP contribution in [0.1, 0.15) is 30.6 Å². The molecule has 1 fully saturated rings. The fourth-order valence-corrected chi connectivity index (χ4v) is 3.97. The van der Waals surface area contributed by atoms with Crippen molar-refractivity contribution in [1.29, 1.82) is 0 Å². The van der Waals surface area contributed by atoms with E-state index in [0.29, 0.717) is 17.2 Å². The molecule has 5 heteroatoms. The molecule has 2 atom stereocenters. The molecule has 1 heterocycles. The summed E-state index contributed by atoms with van der Waals surface area (Å²) in [6.45, 7) is 4.17. The van der Waals surface area contributed by atoms with Crippen molar-refractivity contribution >= 4 is 23.6 Å². The molecule has 2 rings (SSSR count). The lowest BCUT2D eigenvalue weighted by Crippen LogP contribution is -2.45. The summed E-state index contributed by atoms with van der Waals surface area (Å²) in [7, 11) is 0. The Hall–Kier alpha value is -1.49. The zero-order chi connectivity index (χ0) is 14.7. The molecule has 4 nitrogen and oxygen atoms in total. The van der Waals surface area contributed by atoms with Crippen molar-refractivity contribution in [3.8, 4) is 0 Å². The van der Waals surface area contributed by atoms with Gasteiger partial charge in [-0.15, -0.1) is 11.8 Å². The molecule has 1 N–H and O–H groups in total. The predicted molar refractivity (Wildman–Crippen MR) is 79.7 cm³/mol. The van der Waals surface area contributed by atoms with Crippen LogP contribution in [0.4, 0.5) is 0 Å². The zero-order valence-electron chi connectivity index (χ0n) is 11.7. The van der Waals surface area contributed by atoms with Crippen LogP contribution in [0.25, 0.3) is 0 Å². The van der Waals surface area contributed by atoms with E-state index >= 15 is 0 Å². The Balaban J connectivity index is 2.26. The van der Waals surface area contributed by atoms with E-state index in [1.807, 2.05) is 6.07 Å². The third kappa shape index (κ3) is 3.15. The average molecular weight is 293 g/mol. The summed E-state index contributed by atoms with van der Waals surface area (Å²) >= 11 is 1.56. The molecule has 0 aromatic heterocycles. The maximum Gasteiger partial charge on any atom is 0.327 e. The molecule has 1 aliphatic rings. The van der Waals surface area contributed by atoms with E-state index in [1.165, 1.54) is 0 Å². The van der Waals surface area contributed by atoms with Crippen molar-refractivity contribution in [3.05, 3.63) is 35.9 Å². The lowest BCUT2D eigenvalue weighted by Gasteiger charge is -2.28. The summed E-state index contributed by atoms with van der Waals surface area (Å²) in [6, 6.07) is 8.17. The highest BCUT2D eigenvalue weighted by Crippen LogP contribution is 2.34. The molecule has 0 radical (unpaired) electrons. The molecule has 0 saturated carbocycles. The van der Waals surface area contributed by atoms with E-state index in [-0.39, 0.29) is 11.3 Å². The lowest BCUT2D eigenvalue weighted by molar-refractivity contribution is -0.141. The number of aliphatic carboxylic acids is 1. The maximum atomic E-state index is 12.6. The molecule has 0 aliphatic carbocycles. The summed E-state index contributed by atoms with van der Waals surface area (Å²) in [4.78, 5) is 25.5. The Bertz CT molecular complexity index is 489. The molecule has 1 aromatic rings. The maximum absolute atomic E-state index is 12.6. The van der Waals surface area contributed by atoms with Gasteiger partial charge in [-0.25, -0.2) is 4.79 Å². The summed E-state index contributed by atoms with van der Waals surface area (Å²) in [6.07, 6.45) is 0.813. The molecular weight excluding hydrogens is 274 g/mol. The standard InChI is InChI=1S/C15H19NO3S/c1-10(2)8-13-16(12(9-20-13)15(18)19)14(17)11-6-4-3-5-7-11/h3-7,10,12-13H,8-9H2,1-2H3,(H,18,19)/t12-,13-/m0/s1. The van der Waals surface area contributed by atoms with Crippen molar-refractivity contribution in [2.24, 2.45) is 5.92 Å². The third-order valence-electron chi connectivity index (χ3n) is 3.31. The number of nitrogens with zero attached hydrogens (tertiary/aromatic N) is 1. The highest BCUT2D eigenvalue weighted by Gasteiger charge is 2.41. The fourth-order valence-electron chi connectivity index (χ4n) is 2.34. The van der Waals surface area contributed by atoms with Gasteiger partial charge in [0, 0.05) is 11.3 Å². The molecule has 1 saturated heterocycles. The van der Waals surface area contributed by atoms with Crippen LogP contribution in [0, 0.1) is 5.92 Å². The highest BCUT2D eigenvalue weighted by molar-refractivity contribution is 8.00. The van der Waals surface area contributed by atoms with Crippen LogP contribution in [0.3, 0.4) is 0 Å². The van der Waals surface area contributed by atoms with Crippen LogP contribution in [0.15, 0.2) is 30.3 Å². The number of carboxylic acid groups (broad SMARTS) is 1. The topological polar surface area (TPSA) is 57.6 Å². The first-order valence-electron chi connectivity index (χ1n) is 6.73. The van der Waals surface area contributed by atoms with E-state index in [9.17, 15) is 14.7 Å². The number of amides is 1. The Labute approximate surface area is 123 Å². The van der Waals surface area contributed by atoms with E-state index in [2.05, 4.69) is 13.8 Å². The normalized spacial score (nSPS) is 22.2. The molecule has 1 aliphatic heterocycles. The van der Waals surface area contributed by atoms with Crippen molar-refractivity contribution in [2.45, 2.75) is 31.7 Å². The summed E-state index contributed by atoms with van der Waals surface area (Å²) in [5.41, 5.74) is 0.551.